The molecule has 0 amide bonds. The van der Waals surface area contributed by atoms with Gasteiger partial charge in [-0.25, -0.2) is 0 Å². The lowest BCUT2D eigenvalue weighted by Gasteiger charge is -2.30. The number of hydrogen-bond donors (Lipinski definition) is 1. The summed E-state index contributed by atoms with van der Waals surface area (Å²) >= 11 is 2.09. The van der Waals surface area contributed by atoms with Crippen LogP contribution in [0.3, 0.4) is 0 Å². The quantitative estimate of drug-likeness (QED) is 0.916. The van der Waals surface area contributed by atoms with Crippen molar-refractivity contribution < 1.29 is 4.74 Å². The van der Waals surface area contributed by atoms with Crippen molar-refractivity contribution in [2.45, 2.75) is 44.1 Å². The van der Waals surface area contributed by atoms with E-state index in [0.29, 0.717) is 12.0 Å². The summed E-state index contributed by atoms with van der Waals surface area (Å²) in [6, 6.07) is 8.82. The van der Waals surface area contributed by atoms with Gasteiger partial charge in [0.2, 0.25) is 0 Å². The van der Waals surface area contributed by atoms with E-state index in [1.165, 1.54) is 36.3 Å². The molecule has 2 aliphatic heterocycles. The standard InChI is InChI=1S/C17H25NOS/c18-15(11-13-6-9-20-10-7-13)12-14-5-8-19-17-4-2-1-3-16(14)17/h1-4,13-15H,5-12,18H2. The molecule has 2 nitrogen and oxygen atoms in total. The maximum absolute atomic E-state index is 6.44. The molecule has 0 bridgehead atoms. The van der Waals surface area contributed by atoms with Gasteiger partial charge in [-0.3, -0.25) is 0 Å². The van der Waals surface area contributed by atoms with Crippen LogP contribution in [0, 0.1) is 5.92 Å². The number of rotatable bonds is 4. The number of thioether (sulfide) groups is 1. The summed E-state index contributed by atoms with van der Waals surface area (Å²) in [5.41, 5.74) is 7.81. The third kappa shape index (κ3) is 3.50. The van der Waals surface area contributed by atoms with Gasteiger partial charge < -0.3 is 10.5 Å². The second-order valence-corrected chi connectivity index (χ2v) is 7.38. The van der Waals surface area contributed by atoms with Crippen molar-refractivity contribution in [3.05, 3.63) is 29.8 Å². The summed E-state index contributed by atoms with van der Waals surface area (Å²) in [7, 11) is 0. The predicted octanol–water partition coefficient (Wildman–Crippen LogP) is 3.80. The fraction of sp³-hybridized carbons (Fsp3) is 0.647. The zero-order valence-electron chi connectivity index (χ0n) is 12.1. The number of ether oxygens (including phenoxy) is 1. The van der Waals surface area contributed by atoms with E-state index in [2.05, 4.69) is 36.0 Å². The highest BCUT2D eigenvalue weighted by Gasteiger charge is 2.24. The first-order valence-electron chi connectivity index (χ1n) is 7.88. The Morgan fingerprint density at radius 3 is 2.80 bits per heavy atom. The molecule has 2 unspecified atom stereocenters. The van der Waals surface area contributed by atoms with Gasteiger partial charge >= 0.3 is 0 Å². The minimum atomic E-state index is 0.347. The number of fused-ring (bicyclic) bond motifs is 1. The van der Waals surface area contributed by atoms with Crippen LogP contribution in [-0.4, -0.2) is 24.2 Å². The third-order valence-corrected chi connectivity index (χ3v) is 5.70. The largest absolute Gasteiger partial charge is 0.493 e. The molecule has 0 radical (unpaired) electrons. The molecule has 2 N–H and O–H groups in total. The molecule has 1 aromatic rings. The maximum Gasteiger partial charge on any atom is 0.122 e. The molecule has 1 aromatic carbocycles. The smallest absolute Gasteiger partial charge is 0.122 e. The SMILES string of the molecule is NC(CC1CCSCC1)CC1CCOc2ccccc21. The number of hydrogen-bond acceptors (Lipinski definition) is 3. The van der Waals surface area contributed by atoms with Gasteiger partial charge in [0.1, 0.15) is 5.75 Å². The van der Waals surface area contributed by atoms with Crippen LogP contribution in [0.2, 0.25) is 0 Å². The second kappa shape index (κ2) is 6.86. The van der Waals surface area contributed by atoms with E-state index in [9.17, 15) is 0 Å². The topological polar surface area (TPSA) is 35.2 Å². The normalized spacial score (nSPS) is 24.8. The average Bonchev–Trinajstić information content (AvgIpc) is 2.48. The minimum absolute atomic E-state index is 0.347. The van der Waals surface area contributed by atoms with Gasteiger partial charge in [0.15, 0.2) is 0 Å². The lowest BCUT2D eigenvalue weighted by Crippen LogP contribution is -2.29. The Kier molecular flexibility index (Phi) is 4.90. The minimum Gasteiger partial charge on any atom is -0.493 e. The monoisotopic (exact) mass is 291 g/mol. The van der Waals surface area contributed by atoms with Crippen molar-refractivity contribution in [2.75, 3.05) is 18.1 Å². The van der Waals surface area contributed by atoms with E-state index >= 15 is 0 Å². The Bertz CT molecular complexity index is 431. The summed E-state index contributed by atoms with van der Waals surface area (Å²) in [6.07, 6.45) is 6.17. The molecule has 0 aliphatic carbocycles. The maximum atomic E-state index is 6.44. The van der Waals surface area contributed by atoms with Crippen molar-refractivity contribution in [1.82, 2.24) is 0 Å². The summed E-state index contributed by atoms with van der Waals surface area (Å²) in [4.78, 5) is 0. The van der Waals surface area contributed by atoms with Crippen LogP contribution >= 0.6 is 11.8 Å². The molecule has 2 aliphatic rings. The number of nitrogens with two attached hydrogens (primary N) is 1. The summed E-state index contributed by atoms with van der Waals surface area (Å²) in [5, 5.41) is 0. The van der Waals surface area contributed by atoms with Crippen LogP contribution in [0.15, 0.2) is 24.3 Å². The Hall–Kier alpha value is -0.670. The number of benzene rings is 1. The van der Waals surface area contributed by atoms with Crippen LogP contribution in [0.25, 0.3) is 0 Å². The van der Waals surface area contributed by atoms with Gasteiger partial charge in [-0.15, -0.1) is 0 Å². The molecule has 2 heterocycles. The highest BCUT2D eigenvalue weighted by atomic mass is 32.2. The first-order chi connectivity index (χ1) is 9.83. The van der Waals surface area contributed by atoms with Crippen LogP contribution < -0.4 is 10.5 Å². The van der Waals surface area contributed by atoms with E-state index in [-0.39, 0.29) is 0 Å². The van der Waals surface area contributed by atoms with E-state index in [1.807, 2.05) is 0 Å². The Labute approximate surface area is 126 Å². The lowest BCUT2D eigenvalue weighted by atomic mass is 9.84. The fourth-order valence-corrected chi connectivity index (χ4v) is 4.74. The predicted molar refractivity (Wildman–Crippen MR) is 86.6 cm³/mol. The molecule has 3 heteroatoms. The highest BCUT2D eigenvalue weighted by Crippen LogP contribution is 2.37. The first-order valence-corrected chi connectivity index (χ1v) is 9.03. The van der Waals surface area contributed by atoms with Gasteiger partial charge in [-0.05, 0) is 67.1 Å². The molecule has 110 valence electrons. The molecule has 0 aromatic heterocycles. The summed E-state index contributed by atoms with van der Waals surface area (Å²) < 4.78 is 5.74. The van der Waals surface area contributed by atoms with Crippen molar-refractivity contribution in [2.24, 2.45) is 11.7 Å². The Morgan fingerprint density at radius 2 is 1.95 bits per heavy atom. The van der Waals surface area contributed by atoms with Gasteiger partial charge in [0, 0.05) is 6.04 Å². The van der Waals surface area contributed by atoms with Crippen LogP contribution in [0.5, 0.6) is 5.75 Å². The fourth-order valence-electron chi connectivity index (χ4n) is 3.53. The van der Waals surface area contributed by atoms with Crippen molar-refractivity contribution in [3.8, 4) is 5.75 Å². The molecule has 2 atom stereocenters. The van der Waals surface area contributed by atoms with E-state index in [1.54, 1.807) is 0 Å². The van der Waals surface area contributed by atoms with Gasteiger partial charge in [-0.1, -0.05) is 18.2 Å². The zero-order valence-corrected chi connectivity index (χ0v) is 12.9. The summed E-state index contributed by atoms with van der Waals surface area (Å²) in [6.45, 7) is 0.842. The van der Waals surface area contributed by atoms with E-state index < -0.39 is 0 Å². The van der Waals surface area contributed by atoms with Gasteiger partial charge in [-0.2, -0.15) is 11.8 Å². The van der Waals surface area contributed by atoms with Gasteiger partial charge in [0.25, 0.3) is 0 Å². The Balaban J connectivity index is 1.57. The van der Waals surface area contributed by atoms with Crippen LogP contribution in [-0.2, 0) is 0 Å². The van der Waals surface area contributed by atoms with Gasteiger partial charge in [0.05, 0.1) is 6.61 Å². The van der Waals surface area contributed by atoms with Crippen molar-refractivity contribution >= 4 is 11.8 Å². The molecular weight excluding hydrogens is 266 g/mol. The molecule has 1 fully saturated rings. The molecule has 0 spiro atoms. The molecule has 20 heavy (non-hydrogen) atoms. The second-order valence-electron chi connectivity index (χ2n) is 6.16. The lowest BCUT2D eigenvalue weighted by molar-refractivity contribution is 0.254. The number of para-hydroxylation sites is 1. The van der Waals surface area contributed by atoms with Crippen LogP contribution in [0.1, 0.15) is 43.6 Å². The van der Waals surface area contributed by atoms with Crippen molar-refractivity contribution in [3.63, 3.8) is 0 Å². The first kappa shape index (κ1) is 14.3. The molecule has 1 saturated heterocycles. The zero-order chi connectivity index (χ0) is 13.8. The average molecular weight is 291 g/mol. The van der Waals surface area contributed by atoms with Crippen LogP contribution in [0.4, 0.5) is 0 Å². The Morgan fingerprint density at radius 1 is 1.15 bits per heavy atom. The molecular formula is C17H25NOS. The molecule has 3 rings (SSSR count). The van der Waals surface area contributed by atoms with E-state index in [0.717, 1.165) is 31.1 Å². The molecule has 0 saturated carbocycles. The third-order valence-electron chi connectivity index (χ3n) is 4.65. The summed E-state index contributed by atoms with van der Waals surface area (Å²) in [5.74, 6) is 5.19. The highest BCUT2D eigenvalue weighted by molar-refractivity contribution is 7.99. The van der Waals surface area contributed by atoms with E-state index in [4.69, 9.17) is 10.5 Å². The van der Waals surface area contributed by atoms with Crippen molar-refractivity contribution in [1.29, 1.82) is 0 Å².